The van der Waals surface area contributed by atoms with Crippen molar-refractivity contribution in [1.29, 1.82) is 0 Å². The molecule has 30 heavy (non-hydrogen) atoms. The van der Waals surface area contributed by atoms with E-state index in [-0.39, 0.29) is 17.7 Å². The minimum Gasteiger partial charge on any atom is -0.497 e. The molecule has 1 N–H and O–H groups in total. The van der Waals surface area contributed by atoms with Gasteiger partial charge >= 0.3 is 0 Å². The van der Waals surface area contributed by atoms with Crippen molar-refractivity contribution < 1.29 is 14.3 Å². The van der Waals surface area contributed by atoms with Gasteiger partial charge in [-0.3, -0.25) is 19.5 Å². The summed E-state index contributed by atoms with van der Waals surface area (Å²) in [7, 11) is 5.15. The third-order valence-corrected chi connectivity index (χ3v) is 6.27. The van der Waals surface area contributed by atoms with Gasteiger partial charge in [-0.25, -0.2) is 0 Å². The highest BCUT2D eigenvalue weighted by Gasteiger charge is 2.52. The van der Waals surface area contributed by atoms with E-state index in [1.165, 1.54) is 0 Å². The summed E-state index contributed by atoms with van der Waals surface area (Å²) < 4.78 is 5.31. The third-order valence-electron chi connectivity index (χ3n) is 6.27. The van der Waals surface area contributed by atoms with Crippen LogP contribution in [0.3, 0.4) is 0 Å². The highest BCUT2D eigenvalue weighted by atomic mass is 16.5. The number of rotatable bonds is 4. The highest BCUT2D eigenvalue weighted by molar-refractivity contribution is 5.97. The zero-order valence-electron chi connectivity index (χ0n) is 17.7. The molecule has 1 saturated heterocycles. The van der Waals surface area contributed by atoms with Crippen LogP contribution in [0.2, 0.25) is 0 Å². The van der Waals surface area contributed by atoms with Crippen LogP contribution in [0.4, 0.5) is 0 Å². The number of hydrogen-bond acceptors (Lipinski definition) is 5. The first-order valence-electron chi connectivity index (χ1n) is 10.2. The van der Waals surface area contributed by atoms with E-state index in [1.54, 1.807) is 44.6 Å². The number of nitrogens with zero attached hydrogens (tertiary/aromatic N) is 3. The SMILES string of the molecule is COc1ccc2c(c1)C(=O)N[C@@]1(CC2)CN(Cc2ccncc2)C[C@@H]1C(=O)N(C)C. The van der Waals surface area contributed by atoms with E-state index >= 15 is 0 Å². The lowest BCUT2D eigenvalue weighted by molar-refractivity contribution is -0.134. The van der Waals surface area contributed by atoms with Crippen LogP contribution in [0.15, 0.2) is 42.7 Å². The van der Waals surface area contributed by atoms with Crippen molar-refractivity contribution in [1.82, 2.24) is 20.1 Å². The van der Waals surface area contributed by atoms with Gasteiger partial charge in [0.1, 0.15) is 5.75 Å². The minimum absolute atomic E-state index is 0.0519. The van der Waals surface area contributed by atoms with Crippen molar-refractivity contribution in [3.63, 3.8) is 0 Å². The van der Waals surface area contributed by atoms with Crippen LogP contribution in [0.1, 0.15) is 27.9 Å². The fourth-order valence-electron chi connectivity index (χ4n) is 4.71. The van der Waals surface area contributed by atoms with Crippen molar-refractivity contribution in [2.24, 2.45) is 5.92 Å². The zero-order valence-corrected chi connectivity index (χ0v) is 17.7. The largest absolute Gasteiger partial charge is 0.497 e. The molecule has 1 fully saturated rings. The molecular formula is C23H28N4O3. The number of pyridine rings is 1. The Bertz CT molecular complexity index is 947. The number of aryl methyl sites for hydroxylation is 1. The molecule has 7 heteroatoms. The topological polar surface area (TPSA) is 74.8 Å². The van der Waals surface area contributed by atoms with Gasteiger partial charge in [0.05, 0.1) is 18.6 Å². The first kappa shape index (κ1) is 20.3. The fourth-order valence-corrected chi connectivity index (χ4v) is 4.71. The van der Waals surface area contributed by atoms with Crippen LogP contribution in [0, 0.1) is 5.92 Å². The third kappa shape index (κ3) is 3.77. The Morgan fingerprint density at radius 2 is 2.07 bits per heavy atom. The van der Waals surface area contributed by atoms with Gasteiger partial charge in [0.2, 0.25) is 5.91 Å². The van der Waals surface area contributed by atoms with E-state index in [0.717, 1.165) is 30.5 Å². The molecule has 4 rings (SSSR count). The number of ether oxygens (including phenoxy) is 1. The Balaban J connectivity index is 1.65. The van der Waals surface area contributed by atoms with Crippen LogP contribution in [-0.4, -0.2) is 66.4 Å². The first-order valence-corrected chi connectivity index (χ1v) is 10.2. The van der Waals surface area contributed by atoms with Gasteiger partial charge in [-0.2, -0.15) is 0 Å². The summed E-state index contributed by atoms with van der Waals surface area (Å²) in [6.45, 7) is 1.97. The summed E-state index contributed by atoms with van der Waals surface area (Å²) in [5.41, 5.74) is 2.17. The molecule has 3 heterocycles. The maximum absolute atomic E-state index is 13.2. The Morgan fingerprint density at radius 3 is 2.77 bits per heavy atom. The van der Waals surface area contributed by atoms with Crippen LogP contribution in [0.5, 0.6) is 5.75 Å². The van der Waals surface area contributed by atoms with Crippen molar-refractivity contribution in [2.45, 2.75) is 24.9 Å². The summed E-state index contributed by atoms with van der Waals surface area (Å²) in [5.74, 6) is 0.279. The van der Waals surface area contributed by atoms with Crippen molar-refractivity contribution in [2.75, 3.05) is 34.3 Å². The quantitative estimate of drug-likeness (QED) is 0.834. The van der Waals surface area contributed by atoms with E-state index in [0.29, 0.717) is 24.4 Å². The molecule has 0 saturated carbocycles. The van der Waals surface area contributed by atoms with Crippen LogP contribution >= 0.6 is 0 Å². The molecule has 7 nitrogen and oxygen atoms in total. The summed E-state index contributed by atoms with van der Waals surface area (Å²) >= 11 is 0. The van der Waals surface area contributed by atoms with Gasteiger partial charge in [0.15, 0.2) is 0 Å². The second-order valence-electron chi connectivity index (χ2n) is 8.44. The Morgan fingerprint density at radius 1 is 1.30 bits per heavy atom. The van der Waals surface area contributed by atoms with Gasteiger partial charge in [-0.05, 0) is 48.2 Å². The number of carbonyl (C=O) groups excluding carboxylic acids is 2. The van der Waals surface area contributed by atoms with E-state index in [1.807, 2.05) is 24.3 Å². The zero-order chi connectivity index (χ0) is 21.3. The van der Waals surface area contributed by atoms with E-state index in [2.05, 4.69) is 15.2 Å². The van der Waals surface area contributed by atoms with Gasteiger partial charge in [0.25, 0.3) is 5.91 Å². The Kier molecular flexibility index (Phi) is 5.47. The van der Waals surface area contributed by atoms with E-state index in [9.17, 15) is 9.59 Å². The van der Waals surface area contributed by atoms with E-state index in [4.69, 9.17) is 4.74 Å². The molecule has 2 aliphatic rings. The number of likely N-dealkylation sites (tertiary alicyclic amines) is 1. The van der Waals surface area contributed by atoms with Crippen molar-refractivity contribution in [3.05, 3.63) is 59.4 Å². The second kappa shape index (κ2) is 8.07. The molecule has 1 spiro atoms. The lowest BCUT2D eigenvalue weighted by Gasteiger charge is -2.35. The average molecular weight is 409 g/mol. The molecule has 0 unspecified atom stereocenters. The molecule has 1 aromatic heterocycles. The van der Waals surface area contributed by atoms with Crippen LogP contribution < -0.4 is 10.1 Å². The number of fused-ring (bicyclic) bond motifs is 1. The maximum atomic E-state index is 13.2. The smallest absolute Gasteiger partial charge is 0.252 e. The summed E-state index contributed by atoms with van der Waals surface area (Å²) in [5, 5.41) is 3.27. The number of nitrogens with one attached hydrogen (secondary N) is 1. The normalized spacial score (nSPS) is 23.6. The van der Waals surface area contributed by atoms with Crippen molar-refractivity contribution >= 4 is 11.8 Å². The molecular weight excluding hydrogens is 380 g/mol. The standard InChI is InChI=1S/C23H28N4O3/c1-26(2)22(29)20-14-27(13-16-7-10-24-11-8-16)15-23(20)9-6-17-4-5-18(30-3)12-19(17)21(28)25-23/h4-5,7-8,10-12,20H,6,9,13-15H2,1-3H3,(H,25,28)/t20-,23+/m1/s1. The molecule has 158 valence electrons. The summed E-state index contributed by atoms with van der Waals surface area (Å²) in [4.78, 5) is 34.3. The van der Waals surface area contributed by atoms with Crippen LogP contribution in [0.25, 0.3) is 0 Å². The second-order valence-corrected chi connectivity index (χ2v) is 8.44. The monoisotopic (exact) mass is 408 g/mol. The molecule has 0 bridgehead atoms. The molecule has 2 amide bonds. The molecule has 1 aromatic carbocycles. The van der Waals surface area contributed by atoms with Crippen molar-refractivity contribution in [3.8, 4) is 5.75 Å². The predicted molar refractivity (Wildman–Crippen MR) is 113 cm³/mol. The fraction of sp³-hybridized carbons (Fsp3) is 0.435. The number of aromatic nitrogens is 1. The van der Waals surface area contributed by atoms with Gasteiger partial charge in [-0.15, -0.1) is 0 Å². The van der Waals surface area contributed by atoms with Gasteiger partial charge in [-0.1, -0.05) is 6.07 Å². The highest BCUT2D eigenvalue weighted by Crippen LogP contribution is 2.37. The lowest BCUT2D eigenvalue weighted by Crippen LogP contribution is -2.57. The maximum Gasteiger partial charge on any atom is 0.252 e. The number of carbonyl (C=O) groups is 2. The lowest BCUT2D eigenvalue weighted by atomic mass is 9.81. The Hall–Kier alpha value is -2.93. The number of amides is 2. The molecule has 0 radical (unpaired) electrons. The Labute approximate surface area is 177 Å². The number of benzene rings is 1. The first-order chi connectivity index (χ1) is 14.4. The summed E-state index contributed by atoms with van der Waals surface area (Å²) in [6.07, 6.45) is 5.01. The molecule has 0 aliphatic carbocycles. The van der Waals surface area contributed by atoms with Gasteiger partial charge < -0.3 is 15.0 Å². The van der Waals surface area contributed by atoms with E-state index < -0.39 is 5.54 Å². The number of methoxy groups -OCH3 is 1. The molecule has 2 atom stereocenters. The van der Waals surface area contributed by atoms with Gasteiger partial charge in [0, 0.05) is 51.7 Å². The predicted octanol–water partition coefficient (Wildman–Crippen LogP) is 1.73. The summed E-state index contributed by atoms with van der Waals surface area (Å²) in [6, 6.07) is 9.61. The molecule has 2 aromatic rings. The van der Waals surface area contributed by atoms with Crippen LogP contribution in [-0.2, 0) is 17.8 Å². The minimum atomic E-state index is -0.599. The molecule has 2 aliphatic heterocycles. The number of hydrogen-bond donors (Lipinski definition) is 1. The average Bonchev–Trinajstić information content (AvgIpc) is 3.02.